The Hall–Kier alpha value is -2.70. The minimum Gasteiger partial charge on any atom is -0.376 e. The number of aryl methyl sites for hydroxylation is 1. The summed E-state index contributed by atoms with van der Waals surface area (Å²) in [5.41, 5.74) is 4.11. The van der Waals surface area contributed by atoms with Crippen LogP contribution < -0.4 is 0 Å². The quantitative estimate of drug-likeness (QED) is 0.546. The first kappa shape index (κ1) is 22.1. The van der Waals surface area contributed by atoms with Gasteiger partial charge in [0.2, 0.25) is 0 Å². The highest BCUT2D eigenvalue weighted by atomic mass is 16.5. The zero-order valence-electron chi connectivity index (χ0n) is 19.5. The summed E-state index contributed by atoms with van der Waals surface area (Å²) >= 11 is 0. The molecule has 2 aliphatic heterocycles. The summed E-state index contributed by atoms with van der Waals surface area (Å²) in [5.74, 6) is 0.539. The summed E-state index contributed by atoms with van der Waals surface area (Å²) in [6.45, 7) is 7.61. The van der Waals surface area contributed by atoms with Crippen molar-refractivity contribution in [1.29, 1.82) is 0 Å². The molecular formula is C27H34N4O2. The number of likely N-dealkylation sites (tertiary alicyclic amines) is 1. The second-order valence-electron chi connectivity index (χ2n) is 9.58. The molecule has 0 aliphatic carbocycles. The maximum Gasteiger partial charge on any atom is 0.274 e. The fraction of sp³-hybridized carbons (Fsp3) is 0.481. The second kappa shape index (κ2) is 10.1. The Morgan fingerprint density at radius 2 is 1.91 bits per heavy atom. The van der Waals surface area contributed by atoms with E-state index in [1.807, 2.05) is 39.9 Å². The van der Waals surface area contributed by atoms with Crippen LogP contribution >= 0.6 is 0 Å². The Morgan fingerprint density at radius 3 is 2.67 bits per heavy atom. The number of carbonyl (C=O) groups excluding carboxylic acids is 1. The summed E-state index contributed by atoms with van der Waals surface area (Å²) in [5, 5.41) is 0. The van der Waals surface area contributed by atoms with Gasteiger partial charge in [0.15, 0.2) is 0 Å². The van der Waals surface area contributed by atoms with Gasteiger partial charge in [-0.2, -0.15) is 0 Å². The van der Waals surface area contributed by atoms with Crippen molar-refractivity contribution in [3.8, 4) is 0 Å². The number of rotatable bonds is 7. The van der Waals surface area contributed by atoms with Crippen LogP contribution in [0.1, 0.15) is 47.3 Å². The van der Waals surface area contributed by atoms with E-state index in [4.69, 9.17) is 4.74 Å². The van der Waals surface area contributed by atoms with Gasteiger partial charge in [-0.1, -0.05) is 30.3 Å². The first-order valence-electron chi connectivity index (χ1n) is 12.3. The molecule has 3 aromatic rings. The van der Waals surface area contributed by atoms with Crippen LogP contribution in [-0.4, -0.2) is 64.0 Å². The molecular weight excluding hydrogens is 412 g/mol. The zero-order valence-corrected chi connectivity index (χ0v) is 19.5. The average Bonchev–Trinajstić information content (AvgIpc) is 3.50. The van der Waals surface area contributed by atoms with Gasteiger partial charge < -0.3 is 14.0 Å². The van der Waals surface area contributed by atoms with Crippen LogP contribution in [0.2, 0.25) is 0 Å². The first-order chi connectivity index (χ1) is 16.2. The summed E-state index contributed by atoms with van der Waals surface area (Å²) in [7, 11) is 0. The van der Waals surface area contributed by atoms with E-state index in [1.165, 1.54) is 11.1 Å². The Balaban J connectivity index is 1.23. The number of amides is 1. The van der Waals surface area contributed by atoms with Crippen molar-refractivity contribution in [1.82, 2.24) is 19.2 Å². The van der Waals surface area contributed by atoms with Gasteiger partial charge in [-0.3, -0.25) is 9.69 Å². The predicted octanol–water partition coefficient (Wildman–Crippen LogP) is 4.18. The van der Waals surface area contributed by atoms with Gasteiger partial charge in [-0.25, -0.2) is 4.98 Å². The van der Waals surface area contributed by atoms with Crippen molar-refractivity contribution in [2.75, 3.05) is 32.8 Å². The number of aromatic nitrogens is 2. The van der Waals surface area contributed by atoms with Crippen molar-refractivity contribution >= 4 is 11.6 Å². The summed E-state index contributed by atoms with van der Waals surface area (Å²) < 4.78 is 7.80. The van der Waals surface area contributed by atoms with Gasteiger partial charge >= 0.3 is 0 Å². The molecule has 0 unspecified atom stereocenters. The highest BCUT2D eigenvalue weighted by Gasteiger charge is 2.29. The minimum atomic E-state index is 0.0246. The van der Waals surface area contributed by atoms with E-state index in [-0.39, 0.29) is 12.0 Å². The topological polar surface area (TPSA) is 50.1 Å². The molecule has 0 N–H and O–H groups in total. The van der Waals surface area contributed by atoms with Crippen LogP contribution in [0, 0.1) is 12.8 Å². The Kier molecular flexibility index (Phi) is 6.74. The zero-order chi connectivity index (χ0) is 22.6. The van der Waals surface area contributed by atoms with Gasteiger partial charge in [-0.05, 0) is 74.9 Å². The highest BCUT2D eigenvalue weighted by molar-refractivity contribution is 5.93. The summed E-state index contributed by atoms with van der Waals surface area (Å²) in [6.07, 6.45) is 8.28. The summed E-state index contributed by atoms with van der Waals surface area (Å²) in [6, 6.07) is 14.5. The lowest BCUT2D eigenvalue weighted by molar-refractivity contribution is 0.0441. The number of carbonyl (C=O) groups is 1. The average molecular weight is 447 g/mol. The Labute approximate surface area is 196 Å². The number of hydrogen-bond donors (Lipinski definition) is 0. The predicted molar refractivity (Wildman–Crippen MR) is 129 cm³/mol. The van der Waals surface area contributed by atoms with Crippen LogP contribution in [0.5, 0.6) is 0 Å². The van der Waals surface area contributed by atoms with Crippen molar-refractivity contribution < 1.29 is 9.53 Å². The molecule has 6 nitrogen and oxygen atoms in total. The van der Waals surface area contributed by atoms with Crippen LogP contribution in [0.15, 0.2) is 54.9 Å². The van der Waals surface area contributed by atoms with Crippen molar-refractivity contribution in [2.45, 2.75) is 45.3 Å². The third kappa shape index (κ3) is 5.28. The first-order valence-corrected chi connectivity index (χ1v) is 12.3. The summed E-state index contributed by atoms with van der Waals surface area (Å²) in [4.78, 5) is 22.7. The Bertz CT molecular complexity index is 1050. The lowest BCUT2D eigenvalue weighted by Crippen LogP contribution is -2.43. The maximum atomic E-state index is 13.5. The smallest absolute Gasteiger partial charge is 0.274 e. The largest absolute Gasteiger partial charge is 0.376 e. The van der Waals surface area contributed by atoms with Crippen LogP contribution in [-0.2, 0) is 11.3 Å². The van der Waals surface area contributed by atoms with Gasteiger partial charge in [0, 0.05) is 38.6 Å². The number of imidazole rings is 1. The SMILES string of the molecule is Cc1ccccc1CN1CCC(CN(C[C@@H]2CCCO2)C(=O)c2cn3ccccc3n2)CC1. The number of pyridine rings is 1. The number of benzene rings is 1. The van der Waals surface area contributed by atoms with E-state index in [2.05, 4.69) is 41.1 Å². The number of hydrogen-bond acceptors (Lipinski definition) is 4. The molecule has 0 bridgehead atoms. The second-order valence-corrected chi connectivity index (χ2v) is 9.58. The molecule has 6 heteroatoms. The third-order valence-corrected chi connectivity index (χ3v) is 7.16. The van der Waals surface area contributed by atoms with Crippen LogP contribution in [0.4, 0.5) is 0 Å². The fourth-order valence-electron chi connectivity index (χ4n) is 5.14. The standard InChI is InChI=1S/C27H34N4O2/c1-21-7-2-3-8-23(21)18-29-14-11-22(12-15-29)17-31(19-24-9-6-16-33-24)27(32)25-20-30-13-5-4-10-26(30)28-25/h2-5,7-8,10,13,20,22,24H,6,9,11-12,14-19H2,1H3/t24-/m0/s1. The molecule has 174 valence electrons. The van der Waals surface area contributed by atoms with Gasteiger partial charge in [-0.15, -0.1) is 0 Å². The molecule has 0 spiro atoms. The molecule has 2 saturated heterocycles. The molecule has 2 fully saturated rings. The number of ether oxygens (including phenoxy) is 1. The van der Waals surface area contributed by atoms with Crippen LogP contribution in [0.3, 0.4) is 0 Å². The van der Waals surface area contributed by atoms with E-state index in [9.17, 15) is 4.79 Å². The van der Waals surface area contributed by atoms with Crippen molar-refractivity contribution in [3.05, 3.63) is 71.7 Å². The van der Waals surface area contributed by atoms with E-state index in [1.54, 1.807) is 0 Å². The Morgan fingerprint density at radius 1 is 1.09 bits per heavy atom. The molecule has 2 aromatic heterocycles. The molecule has 4 heterocycles. The molecule has 1 atom stereocenters. The normalized spacial score (nSPS) is 19.8. The van der Waals surface area contributed by atoms with E-state index in [0.29, 0.717) is 18.2 Å². The number of fused-ring (bicyclic) bond motifs is 1. The van der Waals surface area contributed by atoms with Crippen LogP contribution in [0.25, 0.3) is 5.65 Å². The van der Waals surface area contributed by atoms with Crippen molar-refractivity contribution in [2.24, 2.45) is 5.92 Å². The molecule has 0 saturated carbocycles. The van der Waals surface area contributed by atoms with E-state index in [0.717, 1.165) is 64.1 Å². The number of nitrogens with zero attached hydrogens (tertiary/aromatic N) is 4. The highest BCUT2D eigenvalue weighted by Crippen LogP contribution is 2.23. The lowest BCUT2D eigenvalue weighted by Gasteiger charge is -2.35. The fourth-order valence-corrected chi connectivity index (χ4v) is 5.14. The molecule has 5 rings (SSSR count). The number of piperidine rings is 1. The maximum absolute atomic E-state index is 13.5. The monoisotopic (exact) mass is 446 g/mol. The third-order valence-electron chi connectivity index (χ3n) is 7.16. The van der Waals surface area contributed by atoms with Crippen molar-refractivity contribution in [3.63, 3.8) is 0 Å². The van der Waals surface area contributed by atoms with Gasteiger partial charge in [0.05, 0.1) is 6.10 Å². The molecule has 33 heavy (non-hydrogen) atoms. The minimum absolute atomic E-state index is 0.0246. The molecule has 0 radical (unpaired) electrons. The molecule has 2 aliphatic rings. The van der Waals surface area contributed by atoms with Gasteiger partial charge in [0.1, 0.15) is 11.3 Å². The molecule has 1 amide bonds. The van der Waals surface area contributed by atoms with E-state index < -0.39 is 0 Å². The molecule has 1 aromatic carbocycles. The van der Waals surface area contributed by atoms with E-state index >= 15 is 0 Å². The van der Waals surface area contributed by atoms with Gasteiger partial charge in [0.25, 0.3) is 5.91 Å². The lowest BCUT2D eigenvalue weighted by atomic mass is 9.95.